The Morgan fingerprint density at radius 3 is 2.58 bits per heavy atom. The summed E-state index contributed by atoms with van der Waals surface area (Å²) in [7, 11) is 0. The van der Waals surface area contributed by atoms with Crippen LogP contribution in [-0.4, -0.2) is 16.4 Å². The van der Waals surface area contributed by atoms with Crippen molar-refractivity contribution < 1.29 is 4.79 Å². The summed E-state index contributed by atoms with van der Waals surface area (Å²) in [5, 5.41) is 3.15. The first kappa shape index (κ1) is 11.9. The minimum absolute atomic E-state index is 0.0264. The van der Waals surface area contributed by atoms with Crippen molar-refractivity contribution in [3.63, 3.8) is 0 Å². The molecule has 1 saturated carbocycles. The molecule has 96 valence electrons. The van der Waals surface area contributed by atoms with E-state index in [1.165, 1.54) is 5.56 Å². The molecule has 3 nitrogen and oxygen atoms in total. The van der Waals surface area contributed by atoms with Gasteiger partial charge in [-0.05, 0) is 37.0 Å². The molecule has 0 atom stereocenters. The standard InChI is InChI=1S/C16H16N2O/c19-15(14-7-4-10-17-12-14)18-16(8-9-16)11-13-5-2-1-3-6-13/h1-7,10,12H,8-9,11H2,(H,18,19). The molecule has 1 amide bonds. The van der Waals surface area contributed by atoms with Crippen LogP contribution in [0.25, 0.3) is 0 Å². The van der Waals surface area contributed by atoms with E-state index in [0.717, 1.165) is 19.3 Å². The first-order valence-electron chi connectivity index (χ1n) is 6.54. The number of hydrogen-bond acceptors (Lipinski definition) is 2. The zero-order valence-electron chi connectivity index (χ0n) is 10.7. The van der Waals surface area contributed by atoms with Gasteiger partial charge in [0.05, 0.1) is 5.56 Å². The third-order valence-electron chi connectivity index (χ3n) is 3.54. The van der Waals surface area contributed by atoms with E-state index in [-0.39, 0.29) is 11.4 Å². The van der Waals surface area contributed by atoms with E-state index in [0.29, 0.717) is 5.56 Å². The van der Waals surface area contributed by atoms with Crippen LogP contribution in [0.2, 0.25) is 0 Å². The molecule has 1 heterocycles. The highest BCUT2D eigenvalue weighted by atomic mass is 16.1. The molecule has 1 fully saturated rings. The number of aromatic nitrogens is 1. The lowest BCUT2D eigenvalue weighted by molar-refractivity contribution is 0.0931. The van der Waals surface area contributed by atoms with E-state index in [2.05, 4.69) is 22.4 Å². The second-order valence-corrected chi connectivity index (χ2v) is 5.14. The largest absolute Gasteiger partial charge is 0.346 e. The van der Waals surface area contributed by atoms with E-state index in [9.17, 15) is 4.79 Å². The van der Waals surface area contributed by atoms with E-state index in [1.807, 2.05) is 18.2 Å². The summed E-state index contributed by atoms with van der Waals surface area (Å²) in [6.07, 6.45) is 6.28. The van der Waals surface area contributed by atoms with Crippen molar-refractivity contribution in [2.45, 2.75) is 24.8 Å². The minimum atomic E-state index is -0.0473. The summed E-state index contributed by atoms with van der Waals surface area (Å²) in [6.45, 7) is 0. The Kier molecular flexibility index (Phi) is 3.03. The monoisotopic (exact) mass is 252 g/mol. The molecule has 1 aliphatic rings. The van der Waals surface area contributed by atoms with Gasteiger partial charge >= 0.3 is 0 Å². The van der Waals surface area contributed by atoms with E-state index >= 15 is 0 Å². The molecular formula is C16H16N2O. The van der Waals surface area contributed by atoms with Crippen molar-refractivity contribution in [3.8, 4) is 0 Å². The summed E-state index contributed by atoms with van der Waals surface area (Å²) in [4.78, 5) is 16.1. The number of hydrogen-bond donors (Lipinski definition) is 1. The van der Waals surface area contributed by atoms with E-state index in [1.54, 1.807) is 24.5 Å². The lowest BCUT2D eigenvalue weighted by Gasteiger charge is -2.17. The van der Waals surface area contributed by atoms with E-state index in [4.69, 9.17) is 0 Å². The molecule has 0 aliphatic heterocycles. The van der Waals surface area contributed by atoms with Gasteiger partial charge in [0.15, 0.2) is 0 Å². The molecule has 1 aromatic heterocycles. The average molecular weight is 252 g/mol. The van der Waals surface area contributed by atoms with Gasteiger partial charge in [-0.25, -0.2) is 0 Å². The first-order valence-corrected chi connectivity index (χ1v) is 6.54. The van der Waals surface area contributed by atoms with Crippen LogP contribution in [-0.2, 0) is 6.42 Å². The molecular weight excluding hydrogens is 236 g/mol. The first-order chi connectivity index (χ1) is 9.27. The van der Waals surface area contributed by atoms with Gasteiger partial charge in [0.1, 0.15) is 0 Å². The maximum absolute atomic E-state index is 12.1. The van der Waals surface area contributed by atoms with Gasteiger partial charge in [-0.3, -0.25) is 9.78 Å². The zero-order chi connectivity index (χ0) is 13.1. The highest BCUT2D eigenvalue weighted by molar-refractivity contribution is 5.94. The Morgan fingerprint density at radius 2 is 1.95 bits per heavy atom. The van der Waals surface area contributed by atoms with Crippen molar-refractivity contribution in [3.05, 3.63) is 66.0 Å². The zero-order valence-corrected chi connectivity index (χ0v) is 10.7. The number of rotatable bonds is 4. The molecule has 3 heteroatoms. The number of nitrogens with one attached hydrogen (secondary N) is 1. The topological polar surface area (TPSA) is 42.0 Å². The predicted octanol–water partition coefficient (Wildman–Crippen LogP) is 2.59. The number of carbonyl (C=O) groups is 1. The Balaban J connectivity index is 1.68. The smallest absolute Gasteiger partial charge is 0.253 e. The predicted molar refractivity (Wildman–Crippen MR) is 73.8 cm³/mol. The second-order valence-electron chi connectivity index (χ2n) is 5.14. The summed E-state index contributed by atoms with van der Waals surface area (Å²) in [5.74, 6) is -0.0264. The molecule has 0 spiro atoms. The van der Waals surface area contributed by atoms with Gasteiger partial charge in [-0.2, -0.15) is 0 Å². The summed E-state index contributed by atoms with van der Waals surface area (Å²) in [5.41, 5.74) is 1.85. The number of benzene rings is 1. The van der Waals surface area contributed by atoms with Crippen LogP contribution in [0.4, 0.5) is 0 Å². The van der Waals surface area contributed by atoms with Crippen LogP contribution in [0.5, 0.6) is 0 Å². The Hall–Kier alpha value is -2.16. The molecule has 0 unspecified atom stereocenters. The Labute approximate surface area is 112 Å². The minimum Gasteiger partial charge on any atom is -0.346 e. The van der Waals surface area contributed by atoms with Crippen LogP contribution in [0, 0.1) is 0 Å². The highest BCUT2D eigenvalue weighted by Gasteiger charge is 2.43. The number of pyridine rings is 1. The third-order valence-corrected chi connectivity index (χ3v) is 3.54. The van der Waals surface area contributed by atoms with Gasteiger partial charge in [-0.1, -0.05) is 30.3 Å². The van der Waals surface area contributed by atoms with Crippen LogP contribution in [0.15, 0.2) is 54.9 Å². The maximum Gasteiger partial charge on any atom is 0.253 e. The number of carbonyl (C=O) groups excluding carboxylic acids is 1. The molecule has 19 heavy (non-hydrogen) atoms. The molecule has 3 rings (SSSR count). The third kappa shape index (κ3) is 2.81. The maximum atomic E-state index is 12.1. The quantitative estimate of drug-likeness (QED) is 0.908. The van der Waals surface area contributed by atoms with Crippen molar-refractivity contribution in [2.75, 3.05) is 0 Å². The van der Waals surface area contributed by atoms with Gasteiger partial charge in [0, 0.05) is 17.9 Å². The Bertz CT molecular complexity index is 562. The van der Waals surface area contributed by atoms with Crippen molar-refractivity contribution in [1.82, 2.24) is 10.3 Å². The summed E-state index contributed by atoms with van der Waals surface area (Å²) >= 11 is 0. The molecule has 1 aliphatic carbocycles. The number of nitrogens with zero attached hydrogens (tertiary/aromatic N) is 1. The summed E-state index contributed by atoms with van der Waals surface area (Å²) in [6, 6.07) is 13.9. The van der Waals surface area contributed by atoms with Gasteiger partial charge in [0.25, 0.3) is 5.91 Å². The lowest BCUT2D eigenvalue weighted by Crippen LogP contribution is -2.38. The van der Waals surface area contributed by atoms with Gasteiger partial charge in [0.2, 0.25) is 0 Å². The fourth-order valence-corrected chi connectivity index (χ4v) is 2.29. The van der Waals surface area contributed by atoms with E-state index < -0.39 is 0 Å². The lowest BCUT2D eigenvalue weighted by atomic mass is 10.0. The van der Waals surface area contributed by atoms with Crippen LogP contribution in [0.1, 0.15) is 28.8 Å². The van der Waals surface area contributed by atoms with Crippen LogP contribution >= 0.6 is 0 Å². The van der Waals surface area contributed by atoms with Gasteiger partial charge < -0.3 is 5.32 Å². The molecule has 1 aromatic carbocycles. The van der Waals surface area contributed by atoms with Crippen LogP contribution in [0.3, 0.4) is 0 Å². The second kappa shape index (κ2) is 4.84. The molecule has 0 saturated heterocycles. The molecule has 1 N–H and O–H groups in total. The normalized spacial score (nSPS) is 15.8. The highest BCUT2D eigenvalue weighted by Crippen LogP contribution is 2.38. The van der Waals surface area contributed by atoms with Crippen molar-refractivity contribution in [1.29, 1.82) is 0 Å². The Morgan fingerprint density at radius 1 is 1.16 bits per heavy atom. The van der Waals surface area contributed by atoms with Crippen LogP contribution < -0.4 is 5.32 Å². The average Bonchev–Trinajstić information content (AvgIpc) is 3.20. The number of amides is 1. The summed E-state index contributed by atoms with van der Waals surface area (Å²) < 4.78 is 0. The molecule has 2 aromatic rings. The fraction of sp³-hybridized carbons (Fsp3) is 0.250. The van der Waals surface area contributed by atoms with Crippen molar-refractivity contribution >= 4 is 5.91 Å². The SMILES string of the molecule is O=C(NC1(Cc2ccccc2)CC1)c1cccnc1. The van der Waals surface area contributed by atoms with Crippen molar-refractivity contribution in [2.24, 2.45) is 0 Å². The molecule has 0 radical (unpaired) electrons. The molecule has 0 bridgehead atoms. The fourth-order valence-electron chi connectivity index (χ4n) is 2.29. The van der Waals surface area contributed by atoms with Gasteiger partial charge in [-0.15, -0.1) is 0 Å².